The average Bonchev–Trinajstić information content (AvgIpc) is 2.75. The van der Waals surface area contributed by atoms with E-state index in [1.807, 2.05) is 24.3 Å². The summed E-state index contributed by atoms with van der Waals surface area (Å²) in [5.74, 6) is -2.50. The van der Waals surface area contributed by atoms with Gasteiger partial charge in [0.25, 0.3) is 5.97 Å². The largest absolute Gasteiger partial charge is 0.330 e. The van der Waals surface area contributed by atoms with Gasteiger partial charge in [0, 0.05) is 27.4 Å². The van der Waals surface area contributed by atoms with Crippen molar-refractivity contribution >= 4 is 0 Å². The molecule has 0 aromatic heterocycles. The standard InChI is InChI=1S/C25H34F2O3/c1-5-6-7-8-9-10-11-24(25(28-2,29-3)30-4)20-14-12-19(13-15-20)21-16-22(26)18-23(27)17-21/h12-18,24H,5-11H2,1-4H3. The van der Waals surface area contributed by atoms with Crippen molar-refractivity contribution in [3.8, 4) is 11.1 Å². The molecular weight excluding hydrogens is 386 g/mol. The SMILES string of the molecule is CCCCCCCCC(c1ccc(-c2cc(F)cc(F)c2)cc1)C(OC)(OC)OC. The lowest BCUT2D eigenvalue weighted by Gasteiger charge is -2.36. The topological polar surface area (TPSA) is 27.7 Å². The van der Waals surface area contributed by atoms with Gasteiger partial charge in [-0.15, -0.1) is 0 Å². The Kier molecular flexibility index (Phi) is 9.89. The molecule has 0 aliphatic heterocycles. The second-order valence-corrected chi connectivity index (χ2v) is 7.61. The van der Waals surface area contributed by atoms with Gasteiger partial charge in [-0.05, 0) is 35.2 Å². The molecule has 0 spiro atoms. The Morgan fingerprint density at radius 3 is 1.80 bits per heavy atom. The number of ether oxygens (including phenoxy) is 3. The number of benzene rings is 2. The smallest absolute Gasteiger partial charge is 0.289 e. The van der Waals surface area contributed by atoms with Crippen molar-refractivity contribution in [2.45, 2.75) is 63.8 Å². The Balaban J connectivity index is 2.22. The second kappa shape index (κ2) is 12.1. The van der Waals surface area contributed by atoms with Crippen LogP contribution < -0.4 is 0 Å². The van der Waals surface area contributed by atoms with Crippen molar-refractivity contribution in [1.29, 1.82) is 0 Å². The van der Waals surface area contributed by atoms with E-state index < -0.39 is 17.6 Å². The maximum absolute atomic E-state index is 13.6. The van der Waals surface area contributed by atoms with Crippen molar-refractivity contribution in [2.24, 2.45) is 0 Å². The number of hydrogen-bond donors (Lipinski definition) is 0. The van der Waals surface area contributed by atoms with E-state index in [4.69, 9.17) is 14.2 Å². The van der Waals surface area contributed by atoms with Crippen LogP contribution in [0.5, 0.6) is 0 Å². The van der Waals surface area contributed by atoms with Crippen LogP contribution >= 0.6 is 0 Å². The molecule has 2 aromatic rings. The molecule has 0 N–H and O–H groups in total. The lowest BCUT2D eigenvalue weighted by molar-refractivity contribution is -0.365. The van der Waals surface area contributed by atoms with Gasteiger partial charge in [-0.3, -0.25) is 0 Å². The third-order valence-corrected chi connectivity index (χ3v) is 5.64. The van der Waals surface area contributed by atoms with Crippen LogP contribution in [-0.2, 0) is 14.2 Å². The number of methoxy groups -OCH3 is 3. The van der Waals surface area contributed by atoms with Gasteiger partial charge < -0.3 is 14.2 Å². The van der Waals surface area contributed by atoms with Gasteiger partial charge in [0.1, 0.15) is 11.6 Å². The maximum Gasteiger partial charge on any atom is 0.289 e. The van der Waals surface area contributed by atoms with E-state index in [1.165, 1.54) is 37.8 Å². The molecule has 166 valence electrons. The first-order chi connectivity index (χ1) is 14.5. The quantitative estimate of drug-likeness (QED) is 0.256. The van der Waals surface area contributed by atoms with Gasteiger partial charge in [-0.25, -0.2) is 8.78 Å². The van der Waals surface area contributed by atoms with Crippen LogP contribution in [0.25, 0.3) is 11.1 Å². The average molecular weight is 421 g/mol. The summed E-state index contributed by atoms with van der Waals surface area (Å²) in [6, 6.07) is 11.2. The van der Waals surface area contributed by atoms with Crippen molar-refractivity contribution < 1.29 is 23.0 Å². The molecule has 0 saturated heterocycles. The molecule has 0 aliphatic rings. The minimum absolute atomic E-state index is 0.137. The first-order valence-corrected chi connectivity index (χ1v) is 10.7. The van der Waals surface area contributed by atoms with Crippen molar-refractivity contribution in [2.75, 3.05) is 21.3 Å². The molecule has 5 heteroatoms. The highest BCUT2D eigenvalue weighted by molar-refractivity contribution is 5.64. The van der Waals surface area contributed by atoms with Gasteiger partial charge in [-0.2, -0.15) is 0 Å². The van der Waals surface area contributed by atoms with Crippen LogP contribution in [-0.4, -0.2) is 27.3 Å². The van der Waals surface area contributed by atoms with E-state index in [9.17, 15) is 8.78 Å². The van der Waals surface area contributed by atoms with Gasteiger partial charge in [-0.1, -0.05) is 69.7 Å². The van der Waals surface area contributed by atoms with Crippen molar-refractivity contribution in [1.82, 2.24) is 0 Å². The van der Waals surface area contributed by atoms with E-state index >= 15 is 0 Å². The summed E-state index contributed by atoms with van der Waals surface area (Å²) in [4.78, 5) is 0. The Morgan fingerprint density at radius 1 is 0.733 bits per heavy atom. The van der Waals surface area contributed by atoms with Crippen molar-refractivity contribution in [3.05, 3.63) is 59.7 Å². The molecule has 2 rings (SSSR count). The summed E-state index contributed by atoms with van der Waals surface area (Å²) < 4.78 is 44.1. The third-order valence-electron chi connectivity index (χ3n) is 5.64. The molecule has 0 bridgehead atoms. The number of hydrogen-bond acceptors (Lipinski definition) is 3. The lowest BCUT2D eigenvalue weighted by Crippen LogP contribution is -2.42. The van der Waals surface area contributed by atoms with E-state index in [1.54, 1.807) is 21.3 Å². The Bertz CT molecular complexity index is 729. The first-order valence-electron chi connectivity index (χ1n) is 10.7. The van der Waals surface area contributed by atoms with Crippen molar-refractivity contribution in [3.63, 3.8) is 0 Å². The number of rotatable bonds is 13. The third kappa shape index (κ3) is 6.34. The monoisotopic (exact) mass is 420 g/mol. The predicted molar refractivity (Wildman–Crippen MR) is 116 cm³/mol. The first kappa shape index (κ1) is 24.4. The summed E-state index contributed by atoms with van der Waals surface area (Å²) in [5.41, 5.74) is 2.24. The van der Waals surface area contributed by atoms with Crippen LogP contribution in [0.1, 0.15) is 63.4 Å². The van der Waals surface area contributed by atoms with Gasteiger partial charge >= 0.3 is 0 Å². The lowest BCUT2D eigenvalue weighted by atomic mass is 9.89. The predicted octanol–water partition coefficient (Wildman–Crippen LogP) is 7.06. The van der Waals surface area contributed by atoms with Gasteiger partial charge in [0.05, 0.1) is 5.92 Å². The molecule has 2 aromatic carbocycles. The summed E-state index contributed by atoms with van der Waals surface area (Å²) in [6.07, 6.45) is 7.98. The van der Waals surface area contributed by atoms with Crippen LogP contribution in [0.2, 0.25) is 0 Å². The van der Waals surface area contributed by atoms with E-state index in [-0.39, 0.29) is 5.92 Å². The minimum Gasteiger partial charge on any atom is -0.330 e. The second-order valence-electron chi connectivity index (χ2n) is 7.61. The fourth-order valence-corrected chi connectivity index (χ4v) is 3.98. The molecule has 0 fully saturated rings. The van der Waals surface area contributed by atoms with E-state index in [0.717, 1.165) is 36.5 Å². The van der Waals surface area contributed by atoms with Crippen LogP contribution in [0.3, 0.4) is 0 Å². The Morgan fingerprint density at radius 2 is 1.27 bits per heavy atom. The fourth-order valence-electron chi connectivity index (χ4n) is 3.98. The molecule has 1 unspecified atom stereocenters. The molecule has 1 atom stereocenters. The highest BCUT2D eigenvalue weighted by atomic mass is 19.1. The normalized spacial score (nSPS) is 12.9. The van der Waals surface area contributed by atoms with Crippen LogP contribution in [0, 0.1) is 11.6 Å². The maximum atomic E-state index is 13.6. The summed E-state index contributed by atoms with van der Waals surface area (Å²) >= 11 is 0. The zero-order valence-corrected chi connectivity index (χ0v) is 18.5. The van der Waals surface area contributed by atoms with E-state index in [2.05, 4.69) is 6.92 Å². The summed E-state index contributed by atoms with van der Waals surface area (Å²) in [6.45, 7) is 2.21. The molecular formula is C25H34F2O3. The molecule has 0 aliphatic carbocycles. The number of halogens is 2. The Hall–Kier alpha value is -1.82. The zero-order chi connectivity index (χ0) is 22.0. The van der Waals surface area contributed by atoms with Crippen LogP contribution in [0.15, 0.2) is 42.5 Å². The molecule has 0 heterocycles. The number of unbranched alkanes of at least 4 members (excludes halogenated alkanes) is 5. The fraction of sp³-hybridized carbons (Fsp3) is 0.520. The minimum atomic E-state index is -1.18. The molecule has 3 nitrogen and oxygen atoms in total. The molecule has 0 amide bonds. The van der Waals surface area contributed by atoms with Gasteiger partial charge in [0.15, 0.2) is 0 Å². The highest BCUT2D eigenvalue weighted by Crippen LogP contribution is 2.38. The molecule has 0 saturated carbocycles. The Labute approximate surface area is 179 Å². The van der Waals surface area contributed by atoms with Gasteiger partial charge in [0.2, 0.25) is 0 Å². The van der Waals surface area contributed by atoms with Crippen LogP contribution in [0.4, 0.5) is 8.78 Å². The summed E-state index contributed by atoms with van der Waals surface area (Å²) in [7, 11) is 4.72. The summed E-state index contributed by atoms with van der Waals surface area (Å²) in [5, 5.41) is 0. The zero-order valence-electron chi connectivity index (χ0n) is 18.5. The molecule has 0 radical (unpaired) electrons. The highest BCUT2D eigenvalue weighted by Gasteiger charge is 2.40. The molecule has 30 heavy (non-hydrogen) atoms. The van der Waals surface area contributed by atoms with E-state index in [0.29, 0.717) is 5.56 Å².